The van der Waals surface area contributed by atoms with E-state index in [1.807, 2.05) is 36.4 Å². The Morgan fingerprint density at radius 3 is 1.89 bits per heavy atom. The molecule has 0 aliphatic carbocycles. The fraction of sp³-hybridized carbons (Fsp3) is 0. The van der Waals surface area contributed by atoms with Crippen LogP contribution < -0.4 is 4.90 Å². The third-order valence-electron chi connectivity index (χ3n) is 11.0. The summed E-state index contributed by atoms with van der Waals surface area (Å²) in [7, 11) is 0. The molecule has 5 nitrogen and oxygen atoms in total. The van der Waals surface area contributed by atoms with Crippen molar-refractivity contribution in [1.29, 1.82) is 0 Å². The molecule has 0 spiro atoms. The third kappa shape index (κ3) is 4.78. The maximum Gasteiger partial charge on any atom is 0.228 e. The zero-order chi connectivity index (χ0) is 36.7. The lowest BCUT2D eigenvalue weighted by molar-refractivity contribution is 0.623. The quantitative estimate of drug-likeness (QED) is 0.177. The van der Waals surface area contributed by atoms with Gasteiger partial charge in [0.05, 0.1) is 0 Å². The molecule has 56 heavy (non-hydrogen) atoms. The van der Waals surface area contributed by atoms with Gasteiger partial charge in [0.1, 0.15) is 27.8 Å². The first-order chi connectivity index (χ1) is 27.7. The number of anilines is 3. The number of oxazole rings is 1. The Morgan fingerprint density at radius 1 is 0.375 bits per heavy atom. The van der Waals surface area contributed by atoms with Gasteiger partial charge in [-0.3, -0.25) is 0 Å². The zero-order valence-electron chi connectivity index (χ0n) is 29.9. The molecule has 3 aromatic heterocycles. The number of hydrogen-bond acceptors (Lipinski definition) is 5. The molecule has 0 radical (unpaired) electrons. The van der Waals surface area contributed by atoms with Crippen molar-refractivity contribution in [3.8, 4) is 22.6 Å². The molecule has 262 valence electrons. The van der Waals surface area contributed by atoms with Crippen molar-refractivity contribution < 1.29 is 13.3 Å². The van der Waals surface area contributed by atoms with Crippen molar-refractivity contribution in [1.82, 2.24) is 4.98 Å². The van der Waals surface area contributed by atoms with Gasteiger partial charge in [0.15, 0.2) is 5.58 Å². The summed E-state index contributed by atoms with van der Waals surface area (Å²) in [4.78, 5) is 7.23. The predicted molar refractivity (Wildman–Crippen MR) is 229 cm³/mol. The number of furan rings is 2. The van der Waals surface area contributed by atoms with E-state index < -0.39 is 0 Å². The van der Waals surface area contributed by atoms with Gasteiger partial charge in [0, 0.05) is 61.7 Å². The molecule has 0 N–H and O–H groups in total. The Labute approximate surface area is 320 Å². The van der Waals surface area contributed by atoms with Crippen molar-refractivity contribution in [2.24, 2.45) is 0 Å². The van der Waals surface area contributed by atoms with E-state index >= 15 is 0 Å². The summed E-state index contributed by atoms with van der Waals surface area (Å²) >= 11 is 0. The van der Waals surface area contributed by atoms with Gasteiger partial charge >= 0.3 is 0 Å². The minimum atomic E-state index is 0.570. The van der Waals surface area contributed by atoms with Crippen molar-refractivity contribution in [3.63, 3.8) is 0 Å². The van der Waals surface area contributed by atoms with Crippen molar-refractivity contribution >= 4 is 93.6 Å². The van der Waals surface area contributed by atoms with Crippen LogP contribution in [0.4, 0.5) is 17.1 Å². The Kier molecular flexibility index (Phi) is 6.56. The van der Waals surface area contributed by atoms with Gasteiger partial charge < -0.3 is 18.2 Å². The van der Waals surface area contributed by atoms with Crippen LogP contribution in [0.25, 0.3) is 99.1 Å². The summed E-state index contributed by atoms with van der Waals surface area (Å²) < 4.78 is 19.7. The highest BCUT2D eigenvalue weighted by atomic mass is 16.4. The largest absolute Gasteiger partial charge is 0.456 e. The second-order valence-electron chi connectivity index (χ2n) is 14.3. The first kappa shape index (κ1) is 30.8. The molecular weight excluding hydrogens is 689 g/mol. The number of rotatable bonds is 5. The lowest BCUT2D eigenvalue weighted by atomic mass is 10.0. The molecule has 0 saturated carbocycles. The minimum absolute atomic E-state index is 0.570. The van der Waals surface area contributed by atoms with E-state index in [1.165, 1.54) is 5.39 Å². The highest BCUT2D eigenvalue weighted by molar-refractivity contribution is 6.14. The van der Waals surface area contributed by atoms with E-state index in [2.05, 4.69) is 150 Å². The van der Waals surface area contributed by atoms with Crippen LogP contribution in [-0.2, 0) is 0 Å². The van der Waals surface area contributed by atoms with Gasteiger partial charge in [-0.05, 0) is 94.0 Å². The van der Waals surface area contributed by atoms with Crippen LogP contribution in [0.1, 0.15) is 0 Å². The van der Waals surface area contributed by atoms with E-state index in [9.17, 15) is 0 Å². The SMILES string of the molecule is c1ccc(-c2cccc(N(c3ccc4c(c3)oc3cc5ccccc5cc34)c3ccc4c(c3)oc3cccc(-c5nc6ccc7ccccc7c6o5)c34)c2)cc1. The average Bonchev–Trinajstić information content (AvgIpc) is 3.96. The van der Waals surface area contributed by atoms with Crippen LogP contribution in [0.2, 0.25) is 0 Å². The zero-order valence-corrected chi connectivity index (χ0v) is 29.9. The van der Waals surface area contributed by atoms with Gasteiger partial charge in [-0.1, -0.05) is 103 Å². The highest BCUT2D eigenvalue weighted by Gasteiger charge is 2.21. The summed E-state index contributed by atoms with van der Waals surface area (Å²) in [5.74, 6) is 0.570. The number of nitrogens with zero attached hydrogens (tertiary/aromatic N) is 2. The Balaban J connectivity index is 1.03. The van der Waals surface area contributed by atoms with E-state index in [0.29, 0.717) is 5.89 Å². The molecule has 0 aliphatic heterocycles. The van der Waals surface area contributed by atoms with Crippen LogP contribution in [0.15, 0.2) is 195 Å². The Bertz CT molecular complexity index is 3500. The molecule has 0 fully saturated rings. The average molecular weight is 719 g/mol. The van der Waals surface area contributed by atoms with E-state index in [-0.39, 0.29) is 0 Å². The van der Waals surface area contributed by atoms with Gasteiger partial charge in [-0.25, -0.2) is 4.98 Å². The predicted octanol–water partition coefficient (Wildman–Crippen LogP) is 14.7. The van der Waals surface area contributed by atoms with Crippen LogP contribution in [0.5, 0.6) is 0 Å². The van der Waals surface area contributed by atoms with E-state index in [1.54, 1.807) is 0 Å². The molecule has 12 aromatic rings. The maximum absolute atomic E-state index is 6.65. The second kappa shape index (κ2) is 11.9. The number of aromatic nitrogens is 1. The minimum Gasteiger partial charge on any atom is -0.456 e. The topological polar surface area (TPSA) is 55.6 Å². The molecule has 0 amide bonds. The molecule has 0 unspecified atom stereocenters. The van der Waals surface area contributed by atoms with Gasteiger partial charge in [0.2, 0.25) is 5.89 Å². The molecule has 0 aliphatic rings. The first-order valence-corrected chi connectivity index (χ1v) is 18.8. The lowest BCUT2D eigenvalue weighted by Gasteiger charge is -2.26. The van der Waals surface area contributed by atoms with Crippen LogP contribution in [0, 0.1) is 0 Å². The highest BCUT2D eigenvalue weighted by Crippen LogP contribution is 2.44. The molecule has 0 atom stereocenters. The maximum atomic E-state index is 6.65. The second-order valence-corrected chi connectivity index (χ2v) is 14.3. The van der Waals surface area contributed by atoms with E-state index in [0.717, 1.165) is 105 Å². The van der Waals surface area contributed by atoms with Crippen LogP contribution in [0.3, 0.4) is 0 Å². The monoisotopic (exact) mass is 718 g/mol. The van der Waals surface area contributed by atoms with Crippen LogP contribution in [-0.4, -0.2) is 4.98 Å². The fourth-order valence-corrected chi connectivity index (χ4v) is 8.39. The fourth-order valence-electron chi connectivity index (χ4n) is 8.39. The molecule has 3 heterocycles. The molecule has 9 aromatic carbocycles. The summed E-state index contributed by atoms with van der Waals surface area (Å²) in [5.41, 5.74) is 11.0. The van der Waals surface area contributed by atoms with Gasteiger partial charge in [-0.2, -0.15) is 0 Å². The van der Waals surface area contributed by atoms with E-state index in [4.69, 9.17) is 18.2 Å². The lowest BCUT2D eigenvalue weighted by Crippen LogP contribution is -2.09. The standard InChI is InChI=1S/C51H30N2O3/c1-2-10-31(11-3-1)33-15-8-16-36(26-33)53(37-21-23-40-43-27-34-13-4-5-14-35(34)28-46(43)55-47(40)29-37)38-22-24-41-48(30-38)54-45-19-9-18-42(49(41)45)51-52-44-25-20-32-12-6-7-17-39(32)50(44)56-51/h1-30H. The summed E-state index contributed by atoms with van der Waals surface area (Å²) in [6.45, 7) is 0. The smallest absolute Gasteiger partial charge is 0.228 e. The van der Waals surface area contributed by atoms with Crippen LogP contribution >= 0.6 is 0 Å². The summed E-state index contributed by atoms with van der Waals surface area (Å²) in [6, 6.07) is 63.3. The van der Waals surface area contributed by atoms with Crippen molar-refractivity contribution in [2.45, 2.75) is 0 Å². The molecule has 0 saturated heterocycles. The van der Waals surface area contributed by atoms with Crippen molar-refractivity contribution in [3.05, 3.63) is 182 Å². The number of benzene rings is 9. The van der Waals surface area contributed by atoms with Crippen molar-refractivity contribution in [2.75, 3.05) is 4.90 Å². The molecule has 12 rings (SSSR count). The first-order valence-electron chi connectivity index (χ1n) is 18.8. The summed E-state index contributed by atoms with van der Waals surface area (Å²) in [6.07, 6.45) is 0. The molecule has 0 bridgehead atoms. The Hall–Kier alpha value is -7.63. The summed E-state index contributed by atoms with van der Waals surface area (Å²) in [5, 5.41) is 8.67. The molecule has 5 heteroatoms. The Morgan fingerprint density at radius 2 is 1.04 bits per heavy atom. The van der Waals surface area contributed by atoms with Gasteiger partial charge in [-0.15, -0.1) is 0 Å². The number of fused-ring (bicyclic) bond motifs is 10. The molecular formula is C51H30N2O3. The normalized spacial score (nSPS) is 11.9. The van der Waals surface area contributed by atoms with Gasteiger partial charge in [0.25, 0.3) is 0 Å². The third-order valence-corrected chi connectivity index (χ3v) is 11.0. The number of hydrogen-bond donors (Lipinski definition) is 0.